The Balaban J connectivity index is 1.62. The number of benzene rings is 4. The first-order valence-corrected chi connectivity index (χ1v) is 12.7. The highest BCUT2D eigenvalue weighted by Gasteiger charge is 2.15. The van der Waals surface area contributed by atoms with Crippen LogP contribution in [0.3, 0.4) is 0 Å². The summed E-state index contributed by atoms with van der Waals surface area (Å²) >= 11 is 9.47. The van der Waals surface area contributed by atoms with Crippen molar-refractivity contribution in [2.45, 2.75) is 26.4 Å². The third-order valence-corrected chi connectivity index (χ3v) is 6.64. The van der Waals surface area contributed by atoms with Gasteiger partial charge < -0.3 is 4.74 Å². The topological polar surface area (TPSA) is 56.5 Å². The van der Waals surface area contributed by atoms with Gasteiger partial charge >= 0.3 is 0 Å². The lowest BCUT2D eigenvalue weighted by molar-refractivity contribution is 0.306. The van der Waals surface area contributed by atoms with E-state index in [1.165, 1.54) is 4.68 Å². The standard InChI is InChI=1S/C29H23BrClN3O2/c1-18(2)28-33-26-13-10-21(30)15-24(26)29(35)34(28)32-16-25-23-6-4-3-5-20(23)9-14-27(25)36-17-19-7-11-22(31)12-8-19/h3-16,18H,17H2,1-2H3. The summed E-state index contributed by atoms with van der Waals surface area (Å²) in [5.74, 6) is 1.26. The van der Waals surface area contributed by atoms with E-state index >= 15 is 0 Å². The zero-order chi connectivity index (χ0) is 25.2. The Morgan fingerprint density at radius 1 is 1.03 bits per heavy atom. The van der Waals surface area contributed by atoms with E-state index < -0.39 is 0 Å². The number of rotatable bonds is 6. The molecule has 180 valence electrons. The molecule has 1 aromatic heterocycles. The molecular weight excluding hydrogens is 538 g/mol. The fourth-order valence-corrected chi connectivity index (χ4v) is 4.53. The summed E-state index contributed by atoms with van der Waals surface area (Å²) in [5.41, 5.74) is 2.22. The molecule has 0 aliphatic rings. The molecule has 0 unspecified atom stereocenters. The molecule has 0 saturated heterocycles. The molecule has 0 N–H and O–H groups in total. The first kappa shape index (κ1) is 24.2. The van der Waals surface area contributed by atoms with Gasteiger partial charge in [-0.05, 0) is 52.7 Å². The van der Waals surface area contributed by atoms with Crippen molar-refractivity contribution in [1.29, 1.82) is 0 Å². The summed E-state index contributed by atoms with van der Waals surface area (Å²) in [6.07, 6.45) is 1.69. The maximum absolute atomic E-state index is 13.5. The monoisotopic (exact) mass is 559 g/mol. The van der Waals surface area contributed by atoms with Crippen molar-refractivity contribution < 1.29 is 4.74 Å². The molecule has 0 saturated carbocycles. The van der Waals surface area contributed by atoms with Gasteiger partial charge in [-0.25, -0.2) is 4.98 Å². The molecule has 7 heteroatoms. The fraction of sp³-hybridized carbons (Fsp3) is 0.138. The Labute approximate surface area is 222 Å². The molecule has 5 nitrogen and oxygen atoms in total. The van der Waals surface area contributed by atoms with Crippen LogP contribution in [0.4, 0.5) is 0 Å². The average Bonchev–Trinajstić information content (AvgIpc) is 2.88. The summed E-state index contributed by atoms with van der Waals surface area (Å²) in [4.78, 5) is 18.2. The van der Waals surface area contributed by atoms with E-state index in [2.05, 4.69) is 21.0 Å². The van der Waals surface area contributed by atoms with E-state index in [-0.39, 0.29) is 11.5 Å². The lowest BCUT2D eigenvalue weighted by Gasteiger charge is -2.14. The van der Waals surface area contributed by atoms with Gasteiger partial charge in [-0.15, -0.1) is 0 Å². The molecule has 0 atom stereocenters. The van der Waals surface area contributed by atoms with Crippen molar-refractivity contribution in [3.05, 3.63) is 116 Å². The molecule has 0 spiro atoms. The van der Waals surface area contributed by atoms with E-state index in [4.69, 9.17) is 21.3 Å². The molecule has 0 fully saturated rings. The van der Waals surface area contributed by atoms with Crippen LogP contribution in [0.1, 0.15) is 36.7 Å². The molecular formula is C29H23BrClN3O2. The number of hydrogen-bond donors (Lipinski definition) is 0. The van der Waals surface area contributed by atoms with Crippen molar-refractivity contribution in [2.24, 2.45) is 5.10 Å². The predicted molar refractivity (Wildman–Crippen MR) is 151 cm³/mol. The maximum atomic E-state index is 13.5. The highest BCUT2D eigenvalue weighted by molar-refractivity contribution is 9.10. The lowest BCUT2D eigenvalue weighted by atomic mass is 10.0. The molecule has 5 aromatic rings. The minimum atomic E-state index is -0.217. The van der Waals surface area contributed by atoms with Crippen LogP contribution in [0.15, 0.2) is 93.2 Å². The molecule has 1 heterocycles. The Bertz CT molecular complexity index is 1660. The molecule has 0 aliphatic carbocycles. The maximum Gasteiger partial charge on any atom is 0.282 e. The number of fused-ring (bicyclic) bond motifs is 2. The minimum absolute atomic E-state index is 0.00367. The van der Waals surface area contributed by atoms with Gasteiger partial charge in [-0.3, -0.25) is 4.79 Å². The summed E-state index contributed by atoms with van der Waals surface area (Å²) in [6.45, 7) is 4.37. The Kier molecular flexibility index (Phi) is 6.90. The van der Waals surface area contributed by atoms with Gasteiger partial charge in [-0.1, -0.05) is 83.8 Å². The van der Waals surface area contributed by atoms with Crippen LogP contribution in [0.25, 0.3) is 21.7 Å². The van der Waals surface area contributed by atoms with Gasteiger partial charge in [0.1, 0.15) is 18.2 Å². The Hall–Kier alpha value is -3.48. The SMILES string of the molecule is CC(C)c1nc2ccc(Br)cc2c(=O)n1N=Cc1c(OCc2ccc(Cl)cc2)ccc2ccccc12. The number of hydrogen-bond acceptors (Lipinski definition) is 4. The van der Waals surface area contributed by atoms with Crippen LogP contribution in [0.5, 0.6) is 5.75 Å². The zero-order valence-corrected chi connectivity index (χ0v) is 22.1. The van der Waals surface area contributed by atoms with Crippen LogP contribution in [-0.2, 0) is 6.61 Å². The van der Waals surface area contributed by atoms with Crippen molar-refractivity contribution in [2.75, 3.05) is 0 Å². The quantitative estimate of drug-likeness (QED) is 0.202. The summed E-state index contributed by atoms with van der Waals surface area (Å²) in [6, 6.07) is 25.0. The molecule has 0 bridgehead atoms. The van der Waals surface area contributed by atoms with Crippen molar-refractivity contribution in [3.63, 3.8) is 0 Å². The van der Waals surface area contributed by atoms with Crippen LogP contribution >= 0.6 is 27.5 Å². The van der Waals surface area contributed by atoms with Crippen molar-refractivity contribution in [3.8, 4) is 5.75 Å². The second-order valence-corrected chi connectivity index (χ2v) is 10.1. The van der Waals surface area contributed by atoms with Gasteiger partial charge in [-0.2, -0.15) is 9.78 Å². The Morgan fingerprint density at radius 3 is 2.58 bits per heavy atom. The van der Waals surface area contributed by atoms with Gasteiger partial charge in [0.2, 0.25) is 0 Å². The number of aromatic nitrogens is 2. The second kappa shape index (κ2) is 10.2. The van der Waals surface area contributed by atoms with Crippen molar-refractivity contribution >= 4 is 55.4 Å². The smallest absolute Gasteiger partial charge is 0.282 e. The first-order valence-electron chi connectivity index (χ1n) is 11.6. The molecule has 5 rings (SSSR count). The number of ether oxygens (including phenoxy) is 1. The third kappa shape index (κ3) is 4.92. The van der Waals surface area contributed by atoms with Gasteiger partial charge in [0.05, 0.1) is 17.1 Å². The van der Waals surface area contributed by atoms with E-state index in [9.17, 15) is 4.79 Å². The van der Waals surface area contributed by atoms with Crippen molar-refractivity contribution in [1.82, 2.24) is 9.66 Å². The van der Waals surface area contributed by atoms with E-state index in [1.807, 2.05) is 86.6 Å². The van der Waals surface area contributed by atoms with E-state index in [0.717, 1.165) is 26.4 Å². The summed E-state index contributed by atoms with van der Waals surface area (Å²) in [5, 5.41) is 7.87. The molecule has 0 aliphatic heterocycles. The molecule has 0 amide bonds. The zero-order valence-electron chi connectivity index (χ0n) is 19.8. The van der Waals surface area contributed by atoms with Crippen LogP contribution < -0.4 is 10.3 Å². The van der Waals surface area contributed by atoms with Gasteiger partial charge in [0, 0.05) is 21.0 Å². The minimum Gasteiger partial charge on any atom is -0.488 e. The largest absolute Gasteiger partial charge is 0.488 e. The Morgan fingerprint density at radius 2 is 1.81 bits per heavy atom. The summed E-state index contributed by atoms with van der Waals surface area (Å²) in [7, 11) is 0. The highest BCUT2D eigenvalue weighted by atomic mass is 79.9. The number of halogens is 2. The second-order valence-electron chi connectivity index (χ2n) is 8.76. The van der Waals surface area contributed by atoms with E-state index in [1.54, 1.807) is 12.3 Å². The first-order chi connectivity index (χ1) is 17.4. The summed E-state index contributed by atoms with van der Waals surface area (Å²) < 4.78 is 8.42. The highest BCUT2D eigenvalue weighted by Crippen LogP contribution is 2.28. The van der Waals surface area contributed by atoms with Crippen LogP contribution in [0.2, 0.25) is 5.02 Å². The molecule has 0 radical (unpaired) electrons. The lowest BCUT2D eigenvalue weighted by Crippen LogP contribution is -2.23. The number of nitrogens with zero attached hydrogens (tertiary/aromatic N) is 3. The average molecular weight is 561 g/mol. The predicted octanol–water partition coefficient (Wildman–Crippen LogP) is 7.55. The van der Waals surface area contributed by atoms with Crippen LogP contribution in [-0.4, -0.2) is 15.9 Å². The third-order valence-electron chi connectivity index (χ3n) is 5.89. The fourth-order valence-electron chi connectivity index (χ4n) is 4.04. The van der Waals surface area contributed by atoms with E-state index in [0.29, 0.717) is 34.1 Å². The van der Waals surface area contributed by atoms with Crippen LogP contribution in [0, 0.1) is 0 Å². The normalized spacial score (nSPS) is 11.7. The molecule has 36 heavy (non-hydrogen) atoms. The van der Waals surface area contributed by atoms with Gasteiger partial charge in [0.15, 0.2) is 0 Å². The van der Waals surface area contributed by atoms with Gasteiger partial charge in [0.25, 0.3) is 5.56 Å². The molecule has 4 aromatic carbocycles.